The summed E-state index contributed by atoms with van der Waals surface area (Å²) in [6.45, 7) is 0. The number of thiazole rings is 1. The normalized spacial score (nSPS) is 26.3. The summed E-state index contributed by atoms with van der Waals surface area (Å²) >= 11 is 1.33. The van der Waals surface area contributed by atoms with E-state index in [4.69, 9.17) is 10.2 Å². The standard InChI is InChI=1S/C27H27N5O7S/c1-31(2)14-9-13-21(39-25(30-13)26-29-5-6-40-26)16-11(14)7-10-8-12-18(32(3)4)20(34)17(24(28)37)23(36)27(12,38)22(35)15(10)19(16)33/h5-6,9-10,12,18,33,36,38H,7-8H2,1-4H3,(H2,28,37)/t10?,12?,18-,27-/m0/s1. The van der Waals surface area contributed by atoms with Gasteiger partial charge in [-0.25, -0.2) is 9.97 Å². The quantitative estimate of drug-likeness (QED) is 0.337. The van der Waals surface area contributed by atoms with Crippen molar-refractivity contribution >= 4 is 51.4 Å². The number of hydrogen-bond acceptors (Lipinski definition) is 12. The first-order valence-corrected chi connectivity index (χ1v) is 13.4. The van der Waals surface area contributed by atoms with Crippen LogP contribution in [0.2, 0.25) is 0 Å². The molecule has 2 aromatic heterocycles. The Balaban J connectivity index is 1.61. The maximum atomic E-state index is 14.1. The van der Waals surface area contributed by atoms with Crippen molar-refractivity contribution in [2.24, 2.45) is 17.6 Å². The van der Waals surface area contributed by atoms with Crippen LogP contribution < -0.4 is 10.6 Å². The third-order valence-electron chi connectivity index (χ3n) is 8.18. The molecule has 1 fully saturated rings. The SMILES string of the molecule is CN(C)c1cc2nc(-c3nccs3)oc2c2c1CC1CC3[C@H](N(C)C)C(=O)C(C(N)=O)=C(O)[C@@]3(O)C(=O)C1=C2O. The van der Waals surface area contributed by atoms with E-state index in [1.165, 1.54) is 16.2 Å². The van der Waals surface area contributed by atoms with Crippen molar-refractivity contribution in [2.75, 3.05) is 33.1 Å². The Labute approximate surface area is 232 Å². The minimum absolute atomic E-state index is 0.0669. The van der Waals surface area contributed by atoms with Crippen molar-refractivity contribution in [3.63, 3.8) is 0 Å². The molecule has 1 aromatic carbocycles. The van der Waals surface area contributed by atoms with Crippen LogP contribution >= 0.6 is 11.3 Å². The van der Waals surface area contributed by atoms with Gasteiger partial charge in [-0.2, -0.15) is 0 Å². The molecule has 0 bridgehead atoms. The first-order valence-electron chi connectivity index (χ1n) is 12.6. The number of nitrogens with zero attached hydrogens (tertiary/aromatic N) is 4. The third-order valence-corrected chi connectivity index (χ3v) is 8.94. The van der Waals surface area contributed by atoms with Gasteiger partial charge in [-0.15, -0.1) is 11.3 Å². The van der Waals surface area contributed by atoms with E-state index in [-0.39, 0.29) is 35.5 Å². The molecule has 12 nitrogen and oxygen atoms in total. The topological polar surface area (TPSA) is 183 Å². The van der Waals surface area contributed by atoms with Gasteiger partial charge in [-0.05, 0) is 44.5 Å². The van der Waals surface area contributed by atoms with E-state index in [9.17, 15) is 29.7 Å². The van der Waals surface area contributed by atoms with Crippen LogP contribution in [0.15, 0.2) is 39.0 Å². The number of Topliss-reactive ketones (excluding diaryl/α,β-unsaturated/α-hetero) is 2. The van der Waals surface area contributed by atoms with Crippen molar-refractivity contribution in [3.05, 3.63) is 45.7 Å². The van der Waals surface area contributed by atoms with Gasteiger partial charge in [0, 0.05) is 42.9 Å². The number of carbonyl (C=O) groups excluding carboxylic acids is 3. The van der Waals surface area contributed by atoms with Crippen molar-refractivity contribution in [1.29, 1.82) is 0 Å². The predicted molar refractivity (Wildman–Crippen MR) is 146 cm³/mol. The van der Waals surface area contributed by atoms with Crippen LogP contribution in [0.4, 0.5) is 5.69 Å². The minimum atomic E-state index is -2.64. The number of anilines is 1. The second-order valence-corrected chi connectivity index (χ2v) is 11.7. The van der Waals surface area contributed by atoms with Crippen LogP contribution in [0.3, 0.4) is 0 Å². The average Bonchev–Trinajstić information content (AvgIpc) is 3.55. The second kappa shape index (κ2) is 8.71. The summed E-state index contributed by atoms with van der Waals surface area (Å²) in [6.07, 6.45) is 1.97. The van der Waals surface area contributed by atoms with Gasteiger partial charge >= 0.3 is 0 Å². The fourth-order valence-electron chi connectivity index (χ4n) is 6.50. The molecule has 0 aliphatic heterocycles. The Hall–Kier alpha value is -4.07. The minimum Gasteiger partial charge on any atom is -0.508 e. The zero-order valence-corrected chi connectivity index (χ0v) is 22.9. The van der Waals surface area contributed by atoms with E-state index in [2.05, 4.69) is 9.97 Å². The summed E-state index contributed by atoms with van der Waals surface area (Å²) in [7, 11) is 6.86. The van der Waals surface area contributed by atoms with Gasteiger partial charge in [0.1, 0.15) is 22.6 Å². The Kier molecular flexibility index (Phi) is 5.70. The van der Waals surface area contributed by atoms with E-state index in [0.29, 0.717) is 16.1 Å². The number of aromatic nitrogens is 2. The number of likely N-dealkylation sites (N-methyl/N-ethyl adjacent to an activating group) is 1. The number of hydrogen-bond donors (Lipinski definition) is 4. The van der Waals surface area contributed by atoms with E-state index >= 15 is 0 Å². The summed E-state index contributed by atoms with van der Waals surface area (Å²) in [6, 6.07) is 0.734. The number of ketones is 2. The molecule has 2 heterocycles. The van der Waals surface area contributed by atoms with Crippen molar-refractivity contribution in [1.82, 2.24) is 14.9 Å². The van der Waals surface area contributed by atoms with Crippen LogP contribution in [0, 0.1) is 11.8 Å². The average molecular weight is 566 g/mol. The van der Waals surface area contributed by atoms with Crippen molar-refractivity contribution in [2.45, 2.75) is 24.5 Å². The molecular formula is C27H27N5O7S. The number of nitrogens with two attached hydrogens (primary N) is 1. The largest absolute Gasteiger partial charge is 0.508 e. The molecule has 1 amide bonds. The number of carbonyl (C=O) groups is 3. The highest BCUT2D eigenvalue weighted by molar-refractivity contribution is 7.12. The van der Waals surface area contributed by atoms with E-state index < -0.39 is 58.0 Å². The van der Waals surface area contributed by atoms with Gasteiger partial charge in [0.15, 0.2) is 22.0 Å². The second-order valence-electron chi connectivity index (χ2n) is 10.8. The van der Waals surface area contributed by atoms with E-state index in [0.717, 1.165) is 5.69 Å². The lowest BCUT2D eigenvalue weighted by atomic mass is 9.57. The highest BCUT2D eigenvalue weighted by atomic mass is 32.1. The summed E-state index contributed by atoms with van der Waals surface area (Å²) in [5, 5.41) is 36.9. The number of aliphatic hydroxyl groups excluding tert-OH is 2. The van der Waals surface area contributed by atoms with Gasteiger partial charge in [-0.3, -0.25) is 19.3 Å². The molecule has 3 aliphatic carbocycles. The number of primary amides is 1. The van der Waals surface area contributed by atoms with E-state index in [1.807, 2.05) is 25.1 Å². The number of aliphatic hydroxyl groups is 3. The lowest BCUT2D eigenvalue weighted by Crippen LogP contribution is -2.65. The molecule has 5 N–H and O–H groups in total. The number of fused-ring (bicyclic) bond motifs is 5. The molecule has 208 valence electrons. The Bertz CT molecular complexity index is 1690. The zero-order chi connectivity index (χ0) is 28.8. The molecule has 3 aliphatic rings. The van der Waals surface area contributed by atoms with Crippen molar-refractivity contribution < 1.29 is 34.1 Å². The van der Waals surface area contributed by atoms with Crippen LogP contribution in [0.25, 0.3) is 27.8 Å². The highest BCUT2D eigenvalue weighted by Crippen LogP contribution is 2.53. The summed E-state index contributed by atoms with van der Waals surface area (Å²) in [5.41, 5.74) is 4.24. The number of amides is 1. The highest BCUT2D eigenvalue weighted by Gasteiger charge is 2.64. The molecule has 0 saturated heterocycles. The Morgan fingerprint density at radius 1 is 1.23 bits per heavy atom. The predicted octanol–water partition coefficient (Wildman–Crippen LogP) is 1.59. The summed E-state index contributed by atoms with van der Waals surface area (Å²) in [4.78, 5) is 51.7. The molecule has 0 radical (unpaired) electrons. The van der Waals surface area contributed by atoms with Gasteiger partial charge in [0.25, 0.3) is 11.8 Å². The molecule has 40 heavy (non-hydrogen) atoms. The third kappa shape index (κ3) is 3.34. The molecule has 4 atom stereocenters. The molecule has 2 unspecified atom stereocenters. The van der Waals surface area contributed by atoms with Crippen LogP contribution in [-0.4, -0.2) is 87.5 Å². The lowest BCUT2D eigenvalue weighted by Gasteiger charge is -2.50. The molecule has 1 saturated carbocycles. The van der Waals surface area contributed by atoms with Gasteiger partial charge in [0.2, 0.25) is 5.78 Å². The first kappa shape index (κ1) is 26.2. The number of oxazole rings is 1. The Morgan fingerprint density at radius 3 is 2.55 bits per heavy atom. The first-order chi connectivity index (χ1) is 18.9. The molecule has 3 aromatic rings. The van der Waals surface area contributed by atoms with Gasteiger partial charge < -0.3 is 30.4 Å². The van der Waals surface area contributed by atoms with E-state index in [1.54, 1.807) is 25.7 Å². The number of benzene rings is 1. The van der Waals surface area contributed by atoms with Crippen LogP contribution in [0.1, 0.15) is 17.5 Å². The molecule has 0 spiro atoms. The van der Waals surface area contributed by atoms with Gasteiger partial charge in [-0.1, -0.05) is 0 Å². The lowest BCUT2D eigenvalue weighted by molar-refractivity contribution is -0.153. The maximum absolute atomic E-state index is 14.1. The fourth-order valence-corrected chi connectivity index (χ4v) is 7.06. The zero-order valence-electron chi connectivity index (χ0n) is 22.1. The Morgan fingerprint density at radius 2 is 1.95 bits per heavy atom. The van der Waals surface area contributed by atoms with Gasteiger partial charge in [0.05, 0.1) is 11.6 Å². The van der Waals surface area contributed by atoms with Crippen molar-refractivity contribution in [3.8, 4) is 10.9 Å². The fraction of sp³-hybridized carbons (Fsp3) is 0.370. The smallest absolute Gasteiger partial charge is 0.256 e. The van der Waals surface area contributed by atoms with Crippen LogP contribution in [-0.2, 0) is 20.8 Å². The number of rotatable bonds is 4. The monoisotopic (exact) mass is 565 g/mol. The summed E-state index contributed by atoms with van der Waals surface area (Å²) < 4.78 is 6.07. The molecular weight excluding hydrogens is 538 g/mol. The molecule has 13 heteroatoms. The van der Waals surface area contributed by atoms with Crippen LogP contribution in [0.5, 0.6) is 0 Å². The maximum Gasteiger partial charge on any atom is 0.256 e. The molecule has 6 rings (SSSR count). The summed E-state index contributed by atoms with van der Waals surface area (Å²) in [5.74, 6) is -5.94.